The average Bonchev–Trinajstić information content (AvgIpc) is 2.50. The van der Waals surface area contributed by atoms with E-state index in [2.05, 4.69) is 16.8 Å². The lowest BCUT2D eigenvalue weighted by Crippen LogP contribution is -2.73. The second-order valence-corrected chi connectivity index (χ2v) is 6.33. The molecule has 0 aromatic heterocycles. The fraction of sp³-hybridized carbons (Fsp3) is 0.944. The highest BCUT2D eigenvalue weighted by atomic mass is 16.3. The van der Waals surface area contributed by atoms with Crippen molar-refractivity contribution in [1.82, 2.24) is 4.90 Å². The van der Waals surface area contributed by atoms with Crippen LogP contribution in [0.15, 0.2) is 0 Å². The van der Waals surface area contributed by atoms with Gasteiger partial charge in [-0.2, -0.15) is 0 Å². The van der Waals surface area contributed by atoms with Gasteiger partial charge in [0.1, 0.15) is 6.54 Å². The normalized spacial score (nSPS) is 12.3. The molecule has 0 fully saturated rings. The molecular weight excluding hydrogens is 276 g/mol. The lowest BCUT2D eigenvalue weighted by Gasteiger charge is -2.12. The molecular formula is C18H39N2O2+. The molecule has 0 saturated heterocycles. The van der Waals surface area contributed by atoms with E-state index in [0.717, 1.165) is 32.4 Å². The molecule has 0 rings (SSSR count). The van der Waals surface area contributed by atoms with Crippen LogP contribution in [0.1, 0.15) is 77.6 Å². The standard InChI is InChI=1S/C18H38N2O2/c1-3-4-5-6-7-8-9-10-11-13-18(22)19-14-12-15-20(2)16-17-21/h21H,3-17H2,1-2H3,(H,19,22)/p+1. The Balaban J connectivity index is 3.34. The lowest BCUT2D eigenvalue weighted by molar-refractivity contribution is -0.468. The predicted octanol–water partition coefficient (Wildman–Crippen LogP) is 2.26. The van der Waals surface area contributed by atoms with Crippen LogP contribution in [0.2, 0.25) is 0 Å². The summed E-state index contributed by atoms with van der Waals surface area (Å²) >= 11 is 0. The zero-order valence-electron chi connectivity index (χ0n) is 14.9. The van der Waals surface area contributed by atoms with E-state index < -0.39 is 0 Å². The third-order valence-electron chi connectivity index (χ3n) is 4.04. The fourth-order valence-corrected chi connectivity index (χ4v) is 2.56. The number of rotatable bonds is 16. The van der Waals surface area contributed by atoms with Gasteiger partial charge in [0.2, 0.25) is 0 Å². The molecule has 0 aliphatic heterocycles. The molecule has 0 radical (unpaired) electrons. The second kappa shape index (κ2) is 16.8. The lowest BCUT2D eigenvalue weighted by atomic mass is 10.1. The monoisotopic (exact) mass is 315 g/mol. The number of nitrogens with one attached hydrogen (secondary N) is 1. The molecule has 4 heteroatoms. The molecule has 0 aliphatic carbocycles. The van der Waals surface area contributed by atoms with Crippen LogP contribution >= 0.6 is 0 Å². The maximum Gasteiger partial charge on any atom is 0.332 e. The maximum absolute atomic E-state index is 9.77. The number of hydrogen-bond acceptors (Lipinski definition) is 2. The SMILES string of the molecule is CCCCCCCCCCCC(O)=[NH+]CCCN(C)CCO. The molecule has 0 aliphatic rings. The molecule has 3 N–H and O–H groups in total. The summed E-state index contributed by atoms with van der Waals surface area (Å²) in [4.78, 5) is 5.18. The number of likely N-dealkylation sites (N-methyl/N-ethyl adjacent to an activating group) is 1. The van der Waals surface area contributed by atoms with Crippen molar-refractivity contribution in [2.45, 2.75) is 77.6 Å². The molecule has 22 heavy (non-hydrogen) atoms. The van der Waals surface area contributed by atoms with Crippen molar-refractivity contribution in [1.29, 1.82) is 0 Å². The van der Waals surface area contributed by atoms with Crippen LogP contribution in [-0.2, 0) is 0 Å². The van der Waals surface area contributed by atoms with Crippen LogP contribution in [0.5, 0.6) is 0 Å². The minimum absolute atomic E-state index is 0.208. The van der Waals surface area contributed by atoms with Gasteiger partial charge in [-0.1, -0.05) is 58.3 Å². The van der Waals surface area contributed by atoms with Gasteiger partial charge in [0.05, 0.1) is 13.0 Å². The summed E-state index contributed by atoms with van der Waals surface area (Å²) in [5.41, 5.74) is 0. The Morgan fingerprint density at radius 2 is 1.45 bits per heavy atom. The topological polar surface area (TPSA) is 57.7 Å². The van der Waals surface area contributed by atoms with Gasteiger partial charge >= 0.3 is 5.90 Å². The van der Waals surface area contributed by atoms with Crippen LogP contribution in [0.25, 0.3) is 0 Å². The number of unbranched alkanes of at least 4 members (excludes halogenated alkanes) is 8. The zero-order chi connectivity index (χ0) is 16.5. The van der Waals surface area contributed by atoms with E-state index in [1.54, 1.807) is 0 Å². The van der Waals surface area contributed by atoms with Crippen molar-refractivity contribution in [3.8, 4) is 0 Å². The number of aliphatic hydroxyl groups is 2. The van der Waals surface area contributed by atoms with E-state index in [4.69, 9.17) is 5.11 Å². The van der Waals surface area contributed by atoms with Gasteiger partial charge in [0, 0.05) is 19.5 Å². The summed E-state index contributed by atoms with van der Waals surface area (Å²) < 4.78 is 0. The first-order chi connectivity index (χ1) is 10.7. The van der Waals surface area contributed by atoms with Crippen LogP contribution < -0.4 is 4.99 Å². The van der Waals surface area contributed by atoms with Gasteiger partial charge in [0.15, 0.2) is 0 Å². The molecule has 0 aromatic rings. The highest BCUT2D eigenvalue weighted by Gasteiger charge is 2.03. The Bertz CT molecular complexity index is 257. The van der Waals surface area contributed by atoms with Gasteiger partial charge in [-0.25, -0.2) is 4.99 Å². The highest BCUT2D eigenvalue weighted by Crippen LogP contribution is 2.10. The molecule has 0 amide bonds. The zero-order valence-corrected chi connectivity index (χ0v) is 14.9. The van der Waals surface area contributed by atoms with E-state index >= 15 is 0 Å². The third-order valence-corrected chi connectivity index (χ3v) is 4.04. The van der Waals surface area contributed by atoms with Gasteiger partial charge < -0.3 is 15.1 Å². The maximum atomic E-state index is 9.77. The molecule has 0 bridgehead atoms. The van der Waals surface area contributed by atoms with E-state index in [9.17, 15) is 5.11 Å². The Labute approximate surface area is 137 Å². The van der Waals surface area contributed by atoms with Crippen LogP contribution in [-0.4, -0.2) is 54.3 Å². The summed E-state index contributed by atoms with van der Waals surface area (Å²) in [6.45, 7) is 4.93. The smallest absolute Gasteiger partial charge is 0.332 e. The molecule has 4 nitrogen and oxygen atoms in total. The first-order valence-corrected chi connectivity index (χ1v) is 9.28. The van der Waals surface area contributed by atoms with Crippen molar-refractivity contribution in [3.63, 3.8) is 0 Å². The fourth-order valence-electron chi connectivity index (χ4n) is 2.56. The number of nitrogens with zero attached hydrogens (tertiary/aromatic N) is 1. The van der Waals surface area contributed by atoms with E-state index in [-0.39, 0.29) is 6.61 Å². The summed E-state index contributed by atoms with van der Waals surface area (Å²) in [6, 6.07) is 0. The van der Waals surface area contributed by atoms with E-state index in [1.807, 2.05) is 7.05 Å². The number of aliphatic hydroxyl groups excluding tert-OH is 2. The molecule has 0 spiro atoms. The second-order valence-electron chi connectivity index (χ2n) is 6.33. The van der Waals surface area contributed by atoms with Crippen molar-refractivity contribution in [2.24, 2.45) is 0 Å². The minimum Gasteiger partial charge on any atom is -0.464 e. The molecule has 0 heterocycles. The molecule has 132 valence electrons. The third kappa shape index (κ3) is 15.8. The number of hydrogen-bond donors (Lipinski definition) is 3. The van der Waals surface area contributed by atoms with Gasteiger partial charge in [-0.3, -0.25) is 0 Å². The van der Waals surface area contributed by atoms with Crippen LogP contribution in [0.4, 0.5) is 0 Å². The van der Waals surface area contributed by atoms with Crippen molar-refractivity contribution >= 4 is 5.90 Å². The molecule has 0 saturated carbocycles. The van der Waals surface area contributed by atoms with Crippen molar-refractivity contribution in [2.75, 3.05) is 33.3 Å². The van der Waals surface area contributed by atoms with Crippen LogP contribution in [0, 0.1) is 0 Å². The van der Waals surface area contributed by atoms with Gasteiger partial charge in [-0.05, 0) is 13.5 Å². The van der Waals surface area contributed by atoms with Gasteiger partial charge in [-0.15, -0.1) is 0 Å². The molecule has 0 aromatic carbocycles. The van der Waals surface area contributed by atoms with Crippen molar-refractivity contribution in [3.05, 3.63) is 0 Å². The first-order valence-electron chi connectivity index (χ1n) is 9.28. The highest BCUT2D eigenvalue weighted by molar-refractivity contribution is 5.67. The average molecular weight is 316 g/mol. The van der Waals surface area contributed by atoms with Crippen LogP contribution in [0.3, 0.4) is 0 Å². The Kier molecular flexibility index (Phi) is 16.3. The Morgan fingerprint density at radius 1 is 0.864 bits per heavy atom. The quantitative estimate of drug-likeness (QED) is 0.233. The first kappa shape index (κ1) is 21.4. The largest absolute Gasteiger partial charge is 0.464 e. The predicted molar refractivity (Wildman–Crippen MR) is 94.5 cm³/mol. The summed E-state index contributed by atoms with van der Waals surface area (Å²) in [5.74, 6) is 0.438. The summed E-state index contributed by atoms with van der Waals surface area (Å²) in [5, 5.41) is 18.6. The summed E-state index contributed by atoms with van der Waals surface area (Å²) in [7, 11) is 2.00. The molecule has 0 unspecified atom stereocenters. The summed E-state index contributed by atoms with van der Waals surface area (Å²) in [6.07, 6.45) is 13.6. The Morgan fingerprint density at radius 3 is 2.05 bits per heavy atom. The van der Waals surface area contributed by atoms with E-state index in [0.29, 0.717) is 12.4 Å². The minimum atomic E-state index is 0.208. The molecule has 0 atom stereocenters. The van der Waals surface area contributed by atoms with Crippen molar-refractivity contribution < 1.29 is 15.2 Å². The van der Waals surface area contributed by atoms with Gasteiger partial charge in [0.25, 0.3) is 0 Å². The van der Waals surface area contributed by atoms with E-state index in [1.165, 1.54) is 51.4 Å². The Hall–Kier alpha value is -0.610.